The SMILES string of the molecule is FC(F)(F)C(F)(F)C(F)(F)C(F)(F)C(F)(F)C(F)(F)C(F)(F)C(F)(F)CCCOCC(COCCCC(F)(F)C(F)(F)C(F)(F)C(F)(F)C(F)(F)C(F)(F)C(F)(F)C(F)(F)F)(COCCCC(F)(F)C(F)(F)C(F)(F)C(F)(F)C(F)(F)C(F)(F)C(F)(F)C(F)(F)F)COCc1cccc(CBr)c1. The van der Waals surface area contributed by atoms with Gasteiger partial charge in [-0.25, -0.2) is 0 Å². The van der Waals surface area contributed by atoms with E-state index in [4.69, 9.17) is 4.74 Å². The molecule has 0 saturated carbocycles. The van der Waals surface area contributed by atoms with Crippen LogP contribution in [0.3, 0.4) is 0 Å². The zero-order valence-corrected chi connectivity index (χ0v) is 49.3. The van der Waals surface area contributed by atoms with Crippen molar-refractivity contribution in [3.8, 4) is 0 Å². The minimum Gasteiger partial charge on any atom is -0.381 e. The summed E-state index contributed by atoms with van der Waals surface area (Å²) in [4.78, 5) is 0. The molecule has 102 heavy (non-hydrogen) atoms. The van der Waals surface area contributed by atoms with Gasteiger partial charge in [0.1, 0.15) is 0 Å². The molecule has 0 saturated heterocycles. The fraction of sp³-hybridized carbons (Fsp3) is 0.870. The van der Waals surface area contributed by atoms with E-state index in [1.807, 2.05) is 0 Å². The van der Waals surface area contributed by atoms with Gasteiger partial charge >= 0.3 is 143 Å². The number of ether oxygens (including phenoxy) is 4. The molecule has 1 rings (SSSR count). The summed E-state index contributed by atoms with van der Waals surface area (Å²) in [5.74, 6) is -182. The normalized spacial score (nSPS) is 16.2. The van der Waals surface area contributed by atoms with Crippen molar-refractivity contribution < 1.29 is 243 Å². The summed E-state index contributed by atoms with van der Waals surface area (Å²) in [6.45, 7) is -14.9. The van der Waals surface area contributed by atoms with Crippen molar-refractivity contribution in [1.29, 1.82) is 0 Å². The predicted molar refractivity (Wildman–Crippen MR) is 233 cm³/mol. The lowest BCUT2D eigenvalue weighted by Gasteiger charge is -2.42. The highest BCUT2D eigenvalue weighted by atomic mass is 79.9. The molecule has 0 aliphatic rings. The van der Waals surface area contributed by atoms with Crippen LogP contribution in [0.15, 0.2) is 24.3 Å². The fourth-order valence-corrected chi connectivity index (χ4v) is 7.90. The second kappa shape index (κ2) is 29.2. The Morgan fingerprint density at radius 1 is 0.235 bits per heavy atom. The molecule has 56 heteroatoms. The molecule has 0 amide bonds. The van der Waals surface area contributed by atoms with Crippen LogP contribution in [-0.2, 0) is 30.9 Å². The first-order valence-corrected chi connectivity index (χ1v) is 26.6. The van der Waals surface area contributed by atoms with Gasteiger partial charge in [-0.15, -0.1) is 0 Å². The minimum atomic E-state index is -9.16. The molecule has 606 valence electrons. The molecule has 0 unspecified atom stereocenters. The summed E-state index contributed by atoms with van der Waals surface area (Å²) >= 11 is 2.90. The van der Waals surface area contributed by atoms with Crippen molar-refractivity contribution in [3.05, 3.63) is 35.4 Å². The Balaban J connectivity index is 4.01. The molecule has 0 heterocycles. The molecule has 0 fully saturated rings. The Bertz CT molecular complexity index is 2630. The zero-order valence-electron chi connectivity index (χ0n) is 47.7. The first-order valence-electron chi connectivity index (χ1n) is 25.5. The van der Waals surface area contributed by atoms with Crippen LogP contribution in [0.1, 0.15) is 49.7 Å². The summed E-state index contributed by atoms with van der Waals surface area (Å²) in [6, 6.07) is 4.50. The van der Waals surface area contributed by atoms with Crippen molar-refractivity contribution in [2.24, 2.45) is 5.41 Å². The van der Waals surface area contributed by atoms with Gasteiger partial charge in [0.15, 0.2) is 0 Å². The highest BCUT2D eigenvalue weighted by Crippen LogP contribution is 2.68. The molecule has 0 radical (unpaired) electrons. The van der Waals surface area contributed by atoms with Crippen molar-refractivity contribution in [2.45, 2.75) is 193 Å². The van der Waals surface area contributed by atoms with Gasteiger partial charge in [0.2, 0.25) is 0 Å². The Kier molecular flexibility index (Phi) is 27.5. The highest BCUT2D eigenvalue weighted by molar-refractivity contribution is 9.08. The van der Waals surface area contributed by atoms with Crippen molar-refractivity contribution in [2.75, 3.05) is 46.2 Å². The first kappa shape index (κ1) is 96.0. The maximum atomic E-state index is 14.7. The standard InChI is InChI=1S/C46H34BrF51O4/c47-14-20-5-1-6-21(13-20)15-102-19-22(16-99-10-2-7-23(48,49)26(54,55)29(60,61)32(66,67)35(72,73)38(78,79)41(84,85)44(90,91)92,17-100-11-3-8-24(50,51)27(56,57)30(62,63)33(68,69)36(74,75)39(80,81)42(86,87)45(93,94)95)18-101-12-4-9-25(52,53)28(58,59)31(64,65)34(70,71)37(76,77)40(82,83)43(88,89)46(96,97)98/h1,5-6,13H,2-4,7-12,14-19H2. The van der Waals surface area contributed by atoms with Crippen LogP contribution >= 0.6 is 15.9 Å². The Morgan fingerprint density at radius 3 is 0.627 bits per heavy atom. The second-order valence-electron chi connectivity index (χ2n) is 21.4. The quantitative estimate of drug-likeness (QED) is 0.0372. The molecular formula is C46H34BrF51O4. The summed E-state index contributed by atoms with van der Waals surface area (Å²) < 4.78 is 724. The van der Waals surface area contributed by atoms with Gasteiger partial charge in [0, 0.05) is 44.4 Å². The van der Waals surface area contributed by atoms with E-state index >= 15 is 0 Å². The molecule has 0 spiro atoms. The molecule has 0 aromatic heterocycles. The molecule has 1 aromatic rings. The van der Waals surface area contributed by atoms with Crippen LogP contribution in [0.5, 0.6) is 0 Å². The van der Waals surface area contributed by atoms with Gasteiger partial charge in [-0.3, -0.25) is 0 Å². The zero-order chi connectivity index (χ0) is 81.9. The third-order valence-electron chi connectivity index (χ3n) is 13.7. The number of rotatable bonds is 41. The van der Waals surface area contributed by atoms with Crippen LogP contribution in [0, 0.1) is 5.41 Å². The Hall–Kier alpha value is -4.03. The average molecular weight is 1700 g/mol. The lowest BCUT2D eigenvalue weighted by Crippen LogP contribution is -2.74. The van der Waals surface area contributed by atoms with Crippen LogP contribution in [0.2, 0.25) is 0 Å². The topological polar surface area (TPSA) is 36.9 Å². The van der Waals surface area contributed by atoms with E-state index in [1.165, 1.54) is 6.07 Å². The van der Waals surface area contributed by atoms with Gasteiger partial charge in [-0.05, 0) is 30.4 Å². The molecule has 0 atom stereocenters. The smallest absolute Gasteiger partial charge is 0.381 e. The molecule has 0 aliphatic carbocycles. The van der Waals surface area contributed by atoms with Crippen molar-refractivity contribution in [3.63, 3.8) is 0 Å². The van der Waals surface area contributed by atoms with E-state index < -0.39 is 240 Å². The largest absolute Gasteiger partial charge is 0.460 e. The first-order chi connectivity index (χ1) is 44.4. The molecular weight excluding hydrogens is 1670 g/mol. The number of halogens is 52. The van der Waals surface area contributed by atoms with E-state index in [-0.39, 0.29) is 16.5 Å². The number of benzene rings is 1. The highest BCUT2D eigenvalue weighted by Gasteiger charge is 2.98. The predicted octanol–water partition coefficient (Wildman–Crippen LogP) is 21.5. The number of hydrogen-bond acceptors (Lipinski definition) is 4. The number of alkyl halides is 52. The van der Waals surface area contributed by atoms with Gasteiger partial charge < -0.3 is 18.9 Å². The van der Waals surface area contributed by atoms with Gasteiger partial charge in [0.05, 0.1) is 38.4 Å². The lowest BCUT2D eigenvalue weighted by atomic mass is 9.88. The number of hydrogen-bond donors (Lipinski definition) is 0. The van der Waals surface area contributed by atoms with Crippen LogP contribution in [-0.4, -0.2) is 189 Å². The second-order valence-corrected chi connectivity index (χ2v) is 21.9. The summed E-state index contributed by atoms with van der Waals surface area (Å²) in [5, 5.41) is -0.114. The molecule has 0 N–H and O–H groups in total. The lowest BCUT2D eigenvalue weighted by molar-refractivity contribution is -0.461. The minimum absolute atomic E-state index is 0.114. The Labute approximate surface area is 539 Å². The van der Waals surface area contributed by atoms with E-state index in [0.717, 1.165) is 18.2 Å². The van der Waals surface area contributed by atoms with E-state index in [2.05, 4.69) is 30.1 Å². The monoisotopic (exact) mass is 1700 g/mol. The van der Waals surface area contributed by atoms with Crippen LogP contribution in [0.25, 0.3) is 0 Å². The third kappa shape index (κ3) is 15.8. The van der Waals surface area contributed by atoms with Crippen LogP contribution < -0.4 is 0 Å². The van der Waals surface area contributed by atoms with E-state index in [9.17, 15) is 224 Å². The van der Waals surface area contributed by atoms with Gasteiger partial charge in [-0.2, -0.15) is 224 Å². The molecule has 0 aliphatic heterocycles. The van der Waals surface area contributed by atoms with E-state index in [0.29, 0.717) is 0 Å². The summed E-state index contributed by atoms with van der Waals surface area (Å²) in [6.07, 6.45) is -41.8. The molecule has 0 bridgehead atoms. The average Bonchev–Trinajstić information content (AvgIpc) is 0.707. The van der Waals surface area contributed by atoms with Gasteiger partial charge in [-0.1, -0.05) is 40.2 Å². The van der Waals surface area contributed by atoms with Crippen LogP contribution in [0.4, 0.5) is 224 Å². The maximum Gasteiger partial charge on any atom is 0.460 e. The third-order valence-corrected chi connectivity index (χ3v) is 14.4. The maximum absolute atomic E-state index is 14.7. The fourth-order valence-electron chi connectivity index (χ4n) is 7.55. The van der Waals surface area contributed by atoms with Gasteiger partial charge in [0.25, 0.3) is 0 Å². The van der Waals surface area contributed by atoms with Crippen molar-refractivity contribution >= 4 is 15.9 Å². The molecule has 4 nitrogen and oxygen atoms in total. The van der Waals surface area contributed by atoms with Crippen molar-refractivity contribution in [1.82, 2.24) is 0 Å². The Morgan fingerprint density at radius 2 is 0.422 bits per heavy atom. The summed E-state index contributed by atoms with van der Waals surface area (Å²) in [5.41, 5.74) is -3.04. The summed E-state index contributed by atoms with van der Waals surface area (Å²) in [7, 11) is 0. The van der Waals surface area contributed by atoms with E-state index in [1.54, 1.807) is 0 Å². The molecule has 1 aromatic carbocycles.